The molecule has 3 rings (SSSR count). The summed E-state index contributed by atoms with van der Waals surface area (Å²) in [5.41, 5.74) is 1.15. The maximum Gasteiger partial charge on any atom is 0.189 e. The van der Waals surface area contributed by atoms with E-state index in [1.807, 2.05) is 30.7 Å². The molecular formula is C18H24N4O2S. The largest absolute Gasteiger partial charge is 0.497 e. The van der Waals surface area contributed by atoms with E-state index in [0.717, 1.165) is 60.8 Å². The smallest absolute Gasteiger partial charge is 0.189 e. The molecule has 0 radical (unpaired) electrons. The summed E-state index contributed by atoms with van der Waals surface area (Å²) in [5.74, 6) is 2.78. The third kappa shape index (κ3) is 4.35. The number of benzene rings is 1. The number of aromatic nitrogens is 2. The SMILES string of the molecule is COc1ccc(OC)c(CN2CCN(c3ccnc(SC)n3)CC2)c1. The van der Waals surface area contributed by atoms with Crippen molar-refractivity contribution in [3.05, 3.63) is 36.0 Å². The summed E-state index contributed by atoms with van der Waals surface area (Å²) in [7, 11) is 3.40. The lowest BCUT2D eigenvalue weighted by Gasteiger charge is -2.35. The van der Waals surface area contributed by atoms with Crippen molar-refractivity contribution >= 4 is 17.6 Å². The molecule has 7 heteroatoms. The van der Waals surface area contributed by atoms with Gasteiger partial charge in [-0.05, 0) is 30.5 Å². The third-order valence-corrected chi connectivity index (χ3v) is 4.94. The first-order valence-corrected chi connectivity index (χ1v) is 9.51. The molecule has 0 aliphatic carbocycles. The molecule has 1 fully saturated rings. The maximum atomic E-state index is 5.49. The lowest BCUT2D eigenvalue weighted by atomic mass is 10.1. The molecule has 25 heavy (non-hydrogen) atoms. The zero-order chi connectivity index (χ0) is 17.6. The first kappa shape index (κ1) is 17.8. The van der Waals surface area contributed by atoms with E-state index in [1.54, 1.807) is 26.0 Å². The van der Waals surface area contributed by atoms with Gasteiger partial charge in [-0.1, -0.05) is 11.8 Å². The Kier molecular flexibility index (Phi) is 5.99. The van der Waals surface area contributed by atoms with Crippen molar-refractivity contribution in [2.45, 2.75) is 11.7 Å². The first-order chi connectivity index (χ1) is 12.2. The Labute approximate surface area is 153 Å². The molecule has 6 nitrogen and oxygen atoms in total. The Morgan fingerprint density at radius 3 is 2.56 bits per heavy atom. The van der Waals surface area contributed by atoms with E-state index in [2.05, 4.69) is 25.8 Å². The highest BCUT2D eigenvalue weighted by atomic mass is 32.2. The summed E-state index contributed by atoms with van der Waals surface area (Å²) in [6, 6.07) is 7.94. The lowest BCUT2D eigenvalue weighted by Crippen LogP contribution is -2.46. The minimum absolute atomic E-state index is 0.820. The average molecular weight is 360 g/mol. The Hall–Kier alpha value is -1.99. The molecule has 1 aromatic carbocycles. The van der Waals surface area contributed by atoms with Gasteiger partial charge in [0.05, 0.1) is 14.2 Å². The van der Waals surface area contributed by atoms with E-state index in [4.69, 9.17) is 9.47 Å². The Balaban J connectivity index is 1.63. The van der Waals surface area contributed by atoms with Crippen LogP contribution in [0.2, 0.25) is 0 Å². The summed E-state index contributed by atoms with van der Waals surface area (Å²) in [6.45, 7) is 4.74. The molecular weight excluding hydrogens is 336 g/mol. The molecule has 0 amide bonds. The Bertz CT molecular complexity index is 705. The molecule has 0 bridgehead atoms. The molecule has 0 N–H and O–H groups in total. The molecule has 0 atom stereocenters. The standard InChI is InChI=1S/C18H24N4O2S/c1-23-15-4-5-16(24-2)14(12-15)13-21-8-10-22(11-9-21)17-6-7-19-18(20-17)25-3/h4-7,12H,8-11,13H2,1-3H3. The number of methoxy groups -OCH3 is 2. The number of anilines is 1. The van der Waals surface area contributed by atoms with Gasteiger partial charge in [-0.2, -0.15) is 0 Å². The van der Waals surface area contributed by atoms with Gasteiger partial charge >= 0.3 is 0 Å². The number of piperazine rings is 1. The lowest BCUT2D eigenvalue weighted by molar-refractivity contribution is 0.245. The summed E-state index contributed by atoms with van der Waals surface area (Å²) < 4.78 is 10.8. The third-order valence-electron chi connectivity index (χ3n) is 4.38. The molecule has 2 aromatic rings. The number of thioether (sulfide) groups is 1. The number of ether oxygens (including phenoxy) is 2. The predicted molar refractivity (Wildman–Crippen MR) is 101 cm³/mol. The monoisotopic (exact) mass is 360 g/mol. The molecule has 0 spiro atoms. The van der Waals surface area contributed by atoms with Crippen LogP contribution in [0.15, 0.2) is 35.6 Å². The summed E-state index contributed by atoms with van der Waals surface area (Å²) in [4.78, 5) is 13.6. The van der Waals surface area contributed by atoms with Gasteiger partial charge in [-0.25, -0.2) is 9.97 Å². The molecule has 2 heterocycles. The van der Waals surface area contributed by atoms with E-state index in [-0.39, 0.29) is 0 Å². The van der Waals surface area contributed by atoms with Gasteiger partial charge in [0, 0.05) is 44.5 Å². The fourth-order valence-corrected chi connectivity index (χ4v) is 3.34. The number of nitrogens with zero attached hydrogens (tertiary/aromatic N) is 4. The highest BCUT2D eigenvalue weighted by Gasteiger charge is 2.20. The number of rotatable bonds is 6. The van der Waals surface area contributed by atoms with Crippen LogP contribution in [-0.4, -0.2) is 61.5 Å². The Morgan fingerprint density at radius 2 is 1.88 bits per heavy atom. The van der Waals surface area contributed by atoms with Crippen LogP contribution >= 0.6 is 11.8 Å². The van der Waals surface area contributed by atoms with E-state index in [9.17, 15) is 0 Å². The van der Waals surface area contributed by atoms with Crippen LogP contribution in [0.25, 0.3) is 0 Å². The molecule has 0 saturated carbocycles. The van der Waals surface area contributed by atoms with Crippen LogP contribution in [0.4, 0.5) is 5.82 Å². The minimum Gasteiger partial charge on any atom is -0.497 e. The van der Waals surface area contributed by atoms with Crippen LogP contribution in [0.3, 0.4) is 0 Å². The molecule has 1 saturated heterocycles. The fraction of sp³-hybridized carbons (Fsp3) is 0.444. The van der Waals surface area contributed by atoms with Crippen LogP contribution in [0.5, 0.6) is 11.5 Å². The van der Waals surface area contributed by atoms with E-state index in [1.165, 1.54) is 0 Å². The van der Waals surface area contributed by atoms with Crippen molar-refractivity contribution in [2.75, 3.05) is 51.6 Å². The van der Waals surface area contributed by atoms with Gasteiger partial charge in [0.25, 0.3) is 0 Å². The minimum atomic E-state index is 0.820. The van der Waals surface area contributed by atoms with E-state index < -0.39 is 0 Å². The van der Waals surface area contributed by atoms with Crippen LogP contribution in [0.1, 0.15) is 5.56 Å². The van der Waals surface area contributed by atoms with Crippen molar-refractivity contribution in [3.63, 3.8) is 0 Å². The van der Waals surface area contributed by atoms with Gasteiger partial charge in [0.15, 0.2) is 5.16 Å². The van der Waals surface area contributed by atoms with Crippen molar-refractivity contribution in [1.82, 2.24) is 14.9 Å². The maximum absolute atomic E-state index is 5.49. The topological polar surface area (TPSA) is 50.7 Å². The van der Waals surface area contributed by atoms with Gasteiger partial charge in [-0.3, -0.25) is 4.90 Å². The first-order valence-electron chi connectivity index (χ1n) is 8.28. The van der Waals surface area contributed by atoms with Gasteiger partial charge in [0.2, 0.25) is 0 Å². The van der Waals surface area contributed by atoms with Crippen molar-refractivity contribution in [2.24, 2.45) is 0 Å². The zero-order valence-corrected chi connectivity index (χ0v) is 15.8. The quantitative estimate of drug-likeness (QED) is 0.579. The molecule has 0 unspecified atom stereocenters. The molecule has 1 aromatic heterocycles. The fourth-order valence-electron chi connectivity index (χ4n) is 2.99. The second-order valence-corrected chi connectivity index (χ2v) is 6.62. The highest BCUT2D eigenvalue weighted by Crippen LogP contribution is 2.26. The highest BCUT2D eigenvalue weighted by molar-refractivity contribution is 7.98. The normalized spacial score (nSPS) is 15.2. The van der Waals surface area contributed by atoms with Crippen LogP contribution < -0.4 is 14.4 Å². The summed E-state index contributed by atoms with van der Waals surface area (Å²) >= 11 is 1.57. The summed E-state index contributed by atoms with van der Waals surface area (Å²) in [5, 5.41) is 0.820. The summed E-state index contributed by atoms with van der Waals surface area (Å²) in [6.07, 6.45) is 3.83. The van der Waals surface area contributed by atoms with Crippen molar-refractivity contribution in [1.29, 1.82) is 0 Å². The zero-order valence-electron chi connectivity index (χ0n) is 14.9. The number of hydrogen-bond donors (Lipinski definition) is 0. The molecule has 134 valence electrons. The Morgan fingerprint density at radius 1 is 1.08 bits per heavy atom. The number of hydrogen-bond acceptors (Lipinski definition) is 7. The second kappa shape index (κ2) is 8.40. The second-order valence-electron chi connectivity index (χ2n) is 5.84. The van der Waals surface area contributed by atoms with Gasteiger partial charge < -0.3 is 14.4 Å². The van der Waals surface area contributed by atoms with Gasteiger partial charge in [0.1, 0.15) is 17.3 Å². The van der Waals surface area contributed by atoms with Gasteiger partial charge in [-0.15, -0.1) is 0 Å². The predicted octanol–water partition coefficient (Wildman–Crippen LogP) is 2.54. The van der Waals surface area contributed by atoms with E-state index >= 15 is 0 Å². The molecule has 1 aliphatic rings. The van der Waals surface area contributed by atoms with Crippen LogP contribution in [0, 0.1) is 0 Å². The molecule has 1 aliphatic heterocycles. The van der Waals surface area contributed by atoms with Crippen molar-refractivity contribution < 1.29 is 9.47 Å². The average Bonchev–Trinajstić information content (AvgIpc) is 2.68. The van der Waals surface area contributed by atoms with Crippen LogP contribution in [-0.2, 0) is 6.54 Å². The van der Waals surface area contributed by atoms with Crippen molar-refractivity contribution in [3.8, 4) is 11.5 Å². The van der Waals surface area contributed by atoms with E-state index in [0.29, 0.717) is 0 Å².